The fourth-order valence-electron chi connectivity index (χ4n) is 3.52. The zero-order valence-electron chi connectivity index (χ0n) is 11.7. The van der Waals surface area contributed by atoms with Crippen LogP contribution in [0.1, 0.15) is 39.5 Å². The lowest BCUT2D eigenvalue weighted by Gasteiger charge is -2.45. The zero-order valence-corrected chi connectivity index (χ0v) is 11.7. The molecule has 1 atom stereocenters. The molecule has 1 heterocycles. The second-order valence-corrected chi connectivity index (χ2v) is 6.20. The number of hydrogen-bond acceptors (Lipinski definition) is 3. The number of likely N-dealkylation sites (N-methyl/N-ethyl adjacent to an activating group) is 1. The first kappa shape index (κ1) is 13.8. The molecule has 0 aromatic rings. The summed E-state index contributed by atoms with van der Waals surface area (Å²) in [6.07, 6.45) is 4.21. The van der Waals surface area contributed by atoms with Crippen molar-refractivity contribution in [3.8, 4) is 0 Å². The fraction of sp³-hybridized carbons (Fsp3) is 0.929. The molecule has 2 fully saturated rings. The Morgan fingerprint density at radius 3 is 2.78 bits per heavy atom. The summed E-state index contributed by atoms with van der Waals surface area (Å²) >= 11 is 0. The summed E-state index contributed by atoms with van der Waals surface area (Å²) in [4.78, 5) is 14.8. The first-order valence-electron chi connectivity index (χ1n) is 7.33. The van der Waals surface area contributed by atoms with Crippen LogP contribution in [0, 0.1) is 11.3 Å². The standard InChI is InChI=1S/C14H27N3O/c1-3-17-6-4-5-12(9-17)16-13(18)14(10-15)7-11(2)8-14/h11-12H,3-10,15H2,1-2H3,(H,16,18). The van der Waals surface area contributed by atoms with Gasteiger partial charge in [-0.15, -0.1) is 0 Å². The van der Waals surface area contributed by atoms with Gasteiger partial charge in [0.05, 0.1) is 5.41 Å². The molecule has 104 valence electrons. The van der Waals surface area contributed by atoms with Crippen LogP contribution < -0.4 is 11.1 Å². The quantitative estimate of drug-likeness (QED) is 0.784. The normalized spacial score (nSPS) is 37.1. The Morgan fingerprint density at radius 1 is 1.50 bits per heavy atom. The number of nitrogens with two attached hydrogens (primary N) is 1. The molecule has 0 spiro atoms. The van der Waals surface area contributed by atoms with Crippen LogP contribution in [0.3, 0.4) is 0 Å². The number of hydrogen-bond donors (Lipinski definition) is 2. The number of amides is 1. The second kappa shape index (κ2) is 5.57. The third kappa shape index (κ3) is 2.69. The summed E-state index contributed by atoms with van der Waals surface area (Å²) in [5.74, 6) is 0.851. The summed E-state index contributed by atoms with van der Waals surface area (Å²) < 4.78 is 0. The maximum absolute atomic E-state index is 12.4. The van der Waals surface area contributed by atoms with Crippen LogP contribution in [-0.4, -0.2) is 43.0 Å². The summed E-state index contributed by atoms with van der Waals surface area (Å²) in [7, 11) is 0. The molecule has 4 nitrogen and oxygen atoms in total. The smallest absolute Gasteiger partial charge is 0.227 e. The van der Waals surface area contributed by atoms with E-state index in [2.05, 4.69) is 24.1 Å². The van der Waals surface area contributed by atoms with Crippen LogP contribution in [-0.2, 0) is 4.79 Å². The molecule has 0 aromatic carbocycles. The Labute approximate surface area is 110 Å². The minimum atomic E-state index is -0.256. The molecular weight excluding hydrogens is 226 g/mol. The van der Waals surface area contributed by atoms with Gasteiger partial charge in [0.25, 0.3) is 0 Å². The first-order valence-corrected chi connectivity index (χ1v) is 7.33. The van der Waals surface area contributed by atoms with Gasteiger partial charge in [-0.25, -0.2) is 0 Å². The van der Waals surface area contributed by atoms with Crippen LogP contribution in [0.25, 0.3) is 0 Å². The van der Waals surface area contributed by atoms with Crippen molar-refractivity contribution in [2.45, 2.75) is 45.6 Å². The van der Waals surface area contributed by atoms with Gasteiger partial charge in [0.2, 0.25) is 5.91 Å². The lowest BCUT2D eigenvalue weighted by Crippen LogP contribution is -2.57. The predicted molar refractivity (Wildman–Crippen MR) is 73.2 cm³/mol. The van der Waals surface area contributed by atoms with Gasteiger partial charge >= 0.3 is 0 Å². The van der Waals surface area contributed by atoms with Gasteiger partial charge in [0.1, 0.15) is 0 Å². The van der Waals surface area contributed by atoms with Crippen molar-refractivity contribution in [3.05, 3.63) is 0 Å². The van der Waals surface area contributed by atoms with Crippen molar-refractivity contribution in [1.82, 2.24) is 10.2 Å². The monoisotopic (exact) mass is 253 g/mol. The summed E-state index contributed by atoms with van der Waals surface area (Å²) in [5, 5.41) is 3.24. The molecule has 1 amide bonds. The highest BCUT2D eigenvalue weighted by Gasteiger charge is 2.47. The molecule has 18 heavy (non-hydrogen) atoms. The number of likely N-dealkylation sites (tertiary alicyclic amines) is 1. The van der Waals surface area contributed by atoms with Crippen molar-refractivity contribution in [2.24, 2.45) is 17.1 Å². The van der Waals surface area contributed by atoms with E-state index in [-0.39, 0.29) is 11.3 Å². The Morgan fingerprint density at radius 2 is 2.22 bits per heavy atom. The molecule has 0 aromatic heterocycles. The SMILES string of the molecule is CCN1CCCC(NC(=O)C2(CN)CC(C)C2)C1. The van der Waals surface area contributed by atoms with Gasteiger partial charge in [0.15, 0.2) is 0 Å². The second-order valence-electron chi connectivity index (χ2n) is 6.20. The zero-order chi connectivity index (χ0) is 13.2. The van der Waals surface area contributed by atoms with Gasteiger partial charge in [-0.3, -0.25) is 4.79 Å². The van der Waals surface area contributed by atoms with E-state index in [1.54, 1.807) is 0 Å². The largest absolute Gasteiger partial charge is 0.352 e. The Hall–Kier alpha value is -0.610. The number of carbonyl (C=O) groups is 1. The van der Waals surface area contributed by atoms with Crippen molar-refractivity contribution in [1.29, 1.82) is 0 Å². The van der Waals surface area contributed by atoms with Crippen LogP contribution in [0.5, 0.6) is 0 Å². The number of piperidine rings is 1. The van der Waals surface area contributed by atoms with Crippen molar-refractivity contribution < 1.29 is 4.79 Å². The lowest BCUT2D eigenvalue weighted by molar-refractivity contribution is -0.139. The van der Waals surface area contributed by atoms with Gasteiger partial charge in [-0.05, 0) is 44.7 Å². The maximum atomic E-state index is 12.4. The lowest BCUT2D eigenvalue weighted by atomic mass is 9.62. The molecular formula is C14H27N3O. The van der Waals surface area contributed by atoms with Gasteiger partial charge in [-0.1, -0.05) is 13.8 Å². The minimum absolute atomic E-state index is 0.200. The van der Waals surface area contributed by atoms with Crippen molar-refractivity contribution in [2.75, 3.05) is 26.2 Å². The van der Waals surface area contributed by atoms with E-state index < -0.39 is 0 Å². The van der Waals surface area contributed by atoms with E-state index in [1.165, 1.54) is 13.0 Å². The van der Waals surface area contributed by atoms with Gasteiger partial charge < -0.3 is 16.0 Å². The first-order chi connectivity index (χ1) is 8.59. The van der Waals surface area contributed by atoms with Crippen LogP contribution in [0.15, 0.2) is 0 Å². The van der Waals surface area contributed by atoms with Crippen molar-refractivity contribution >= 4 is 5.91 Å². The van der Waals surface area contributed by atoms with E-state index in [9.17, 15) is 4.79 Å². The topological polar surface area (TPSA) is 58.4 Å². The number of nitrogens with zero attached hydrogens (tertiary/aromatic N) is 1. The van der Waals surface area contributed by atoms with Crippen LogP contribution in [0.2, 0.25) is 0 Å². The third-order valence-corrected chi connectivity index (χ3v) is 4.64. The highest BCUT2D eigenvalue weighted by molar-refractivity contribution is 5.84. The molecule has 2 aliphatic rings. The average molecular weight is 253 g/mol. The van der Waals surface area contributed by atoms with E-state index in [4.69, 9.17) is 5.73 Å². The number of carbonyl (C=O) groups excluding carboxylic acids is 1. The molecule has 1 unspecified atom stereocenters. The van der Waals surface area contributed by atoms with Gasteiger partial charge in [0, 0.05) is 19.1 Å². The number of nitrogens with one attached hydrogen (secondary N) is 1. The molecule has 3 N–H and O–H groups in total. The summed E-state index contributed by atoms with van der Waals surface area (Å²) in [5.41, 5.74) is 5.56. The van der Waals surface area contributed by atoms with Crippen LogP contribution >= 0.6 is 0 Å². The highest BCUT2D eigenvalue weighted by atomic mass is 16.2. The predicted octanol–water partition coefficient (Wildman–Crippen LogP) is 0.962. The molecule has 0 bridgehead atoms. The minimum Gasteiger partial charge on any atom is -0.352 e. The Kier molecular flexibility index (Phi) is 4.28. The molecule has 1 saturated carbocycles. The van der Waals surface area contributed by atoms with Crippen LogP contribution in [0.4, 0.5) is 0 Å². The summed E-state index contributed by atoms with van der Waals surface area (Å²) in [6.45, 7) is 8.11. The Bertz CT molecular complexity index is 299. The molecule has 0 radical (unpaired) electrons. The van der Waals surface area contributed by atoms with E-state index in [0.29, 0.717) is 18.5 Å². The van der Waals surface area contributed by atoms with E-state index in [0.717, 1.165) is 32.4 Å². The maximum Gasteiger partial charge on any atom is 0.227 e. The highest BCUT2D eigenvalue weighted by Crippen LogP contribution is 2.44. The van der Waals surface area contributed by atoms with E-state index in [1.807, 2.05) is 0 Å². The average Bonchev–Trinajstić information content (AvgIpc) is 2.34. The molecule has 1 aliphatic heterocycles. The molecule has 1 aliphatic carbocycles. The summed E-state index contributed by atoms with van der Waals surface area (Å²) in [6, 6.07) is 0.325. The Balaban J connectivity index is 1.87. The van der Waals surface area contributed by atoms with Crippen molar-refractivity contribution in [3.63, 3.8) is 0 Å². The fourth-order valence-corrected chi connectivity index (χ4v) is 3.52. The van der Waals surface area contributed by atoms with E-state index >= 15 is 0 Å². The number of rotatable bonds is 4. The molecule has 4 heteroatoms. The third-order valence-electron chi connectivity index (χ3n) is 4.64. The molecule has 2 rings (SSSR count). The van der Waals surface area contributed by atoms with Gasteiger partial charge in [-0.2, -0.15) is 0 Å². The molecule has 1 saturated heterocycles.